The largest absolute Gasteiger partial charge is 0.467 e. The lowest BCUT2D eigenvalue weighted by molar-refractivity contribution is 0.199. The number of benzene rings is 1. The zero-order chi connectivity index (χ0) is 13.0. The van der Waals surface area contributed by atoms with Gasteiger partial charge in [-0.05, 0) is 43.7 Å². The molecule has 3 nitrogen and oxygen atoms in total. The molecule has 1 aromatic carbocycles. The molecule has 0 radical (unpaired) electrons. The highest BCUT2D eigenvalue weighted by molar-refractivity contribution is 5.48. The van der Waals surface area contributed by atoms with Crippen LogP contribution in [0.15, 0.2) is 47.1 Å². The van der Waals surface area contributed by atoms with E-state index < -0.39 is 6.10 Å². The molecule has 2 rings (SSSR count). The van der Waals surface area contributed by atoms with Crippen molar-refractivity contribution in [1.29, 1.82) is 0 Å². The second kappa shape index (κ2) is 5.74. The Kier molecular flexibility index (Phi) is 4.05. The van der Waals surface area contributed by atoms with Gasteiger partial charge in [-0.25, -0.2) is 0 Å². The van der Waals surface area contributed by atoms with Gasteiger partial charge in [0.15, 0.2) is 0 Å². The SMILES string of the molecule is CCN(Cc1ccco1)c1ccc(C(C)O)cc1. The highest BCUT2D eigenvalue weighted by Gasteiger charge is 2.08. The lowest BCUT2D eigenvalue weighted by Crippen LogP contribution is -2.21. The highest BCUT2D eigenvalue weighted by atomic mass is 16.3. The minimum atomic E-state index is -0.417. The molecule has 0 aliphatic rings. The zero-order valence-electron chi connectivity index (χ0n) is 10.8. The molecule has 0 amide bonds. The number of hydrogen-bond acceptors (Lipinski definition) is 3. The maximum atomic E-state index is 9.49. The van der Waals surface area contributed by atoms with Crippen LogP contribution in [0.1, 0.15) is 31.3 Å². The second-order valence-corrected chi connectivity index (χ2v) is 4.36. The summed E-state index contributed by atoms with van der Waals surface area (Å²) in [6.45, 7) is 5.56. The first-order valence-electron chi connectivity index (χ1n) is 6.26. The van der Waals surface area contributed by atoms with Gasteiger partial charge in [0.25, 0.3) is 0 Å². The monoisotopic (exact) mass is 245 g/mol. The van der Waals surface area contributed by atoms with E-state index in [0.717, 1.165) is 30.1 Å². The van der Waals surface area contributed by atoms with Gasteiger partial charge in [-0.1, -0.05) is 12.1 Å². The van der Waals surface area contributed by atoms with Crippen LogP contribution in [-0.2, 0) is 6.54 Å². The third kappa shape index (κ3) is 2.93. The molecule has 2 aromatic rings. The van der Waals surface area contributed by atoms with Crippen molar-refractivity contribution in [2.45, 2.75) is 26.5 Å². The first-order chi connectivity index (χ1) is 8.70. The highest BCUT2D eigenvalue weighted by Crippen LogP contribution is 2.20. The molecular weight excluding hydrogens is 226 g/mol. The number of hydrogen-bond donors (Lipinski definition) is 1. The van der Waals surface area contributed by atoms with Gasteiger partial charge in [0.05, 0.1) is 18.9 Å². The average molecular weight is 245 g/mol. The van der Waals surface area contributed by atoms with E-state index in [2.05, 4.69) is 11.8 Å². The van der Waals surface area contributed by atoms with Crippen LogP contribution < -0.4 is 4.90 Å². The quantitative estimate of drug-likeness (QED) is 0.877. The van der Waals surface area contributed by atoms with Gasteiger partial charge in [0.1, 0.15) is 5.76 Å². The molecule has 1 unspecified atom stereocenters. The predicted molar refractivity (Wildman–Crippen MR) is 72.5 cm³/mol. The Morgan fingerprint density at radius 1 is 1.22 bits per heavy atom. The number of aliphatic hydroxyl groups is 1. The summed E-state index contributed by atoms with van der Waals surface area (Å²) in [5, 5.41) is 9.49. The van der Waals surface area contributed by atoms with Crippen molar-refractivity contribution in [2.75, 3.05) is 11.4 Å². The van der Waals surface area contributed by atoms with Crippen LogP contribution in [0.5, 0.6) is 0 Å². The first kappa shape index (κ1) is 12.7. The third-order valence-electron chi connectivity index (χ3n) is 3.05. The number of furan rings is 1. The van der Waals surface area contributed by atoms with Gasteiger partial charge in [-0.2, -0.15) is 0 Å². The van der Waals surface area contributed by atoms with E-state index in [4.69, 9.17) is 4.42 Å². The summed E-state index contributed by atoms with van der Waals surface area (Å²) < 4.78 is 5.37. The molecule has 3 heteroatoms. The van der Waals surface area contributed by atoms with Crippen molar-refractivity contribution in [3.63, 3.8) is 0 Å². The first-order valence-corrected chi connectivity index (χ1v) is 6.26. The zero-order valence-corrected chi connectivity index (χ0v) is 10.8. The van der Waals surface area contributed by atoms with Gasteiger partial charge in [0, 0.05) is 12.2 Å². The molecule has 0 aliphatic heterocycles. The van der Waals surface area contributed by atoms with Gasteiger partial charge in [-0.3, -0.25) is 0 Å². The van der Waals surface area contributed by atoms with Crippen molar-refractivity contribution in [3.05, 3.63) is 54.0 Å². The minimum absolute atomic E-state index is 0.417. The summed E-state index contributed by atoms with van der Waals surface area (Å²) in [6, 6.07) is 11.9. The van der Waals surface area contributed by atoms with Gasteiger partial charge in [-0.15, -0.1) is 0 Å². The van der Waals surface area contributed by atoms with Crippen LogP contribution in [0.25, 0.3) is 0 Å². The van der Waals surface area contributed by atoms with E-state index >= 15 is 0 Å². The Morgan fingerprint density at radius 3 is 2.44 bits per heavy atom. The fourth-order valence-corrected chi connectivity index (χ4v) is 1.94. The molecule has 18 heavy (non-hydrogen) atoms. The summed E-state index contributed by atoms with van der Waals surface area (Å²) in [4.78, 5) is 2.23. The Hall–Kier alpha value is -1.74. The molecule has 0 saturated heterocycles. The predicted octanol–water partition coefficient (Wildman–Crippen LogP) is 3.36. The molecule has 1 heterocycles. The number of nitrogens with zero attached hydrogens (tertiary/aromatic N) is 1. The van der Waals surface area contributed by atoms with Crippen molar-refractivity contribution in [3.8, 4) is 0 Å². The molecule has 0 fully saturated rings. The van der Waals surface area contributed by atoms with Crippen LogP contribution in [0.2, 0.25) is 0 Å². The van der Waals surface area contributed by atoms with Crippen molar-refractivity contribution >= 4 is 5.69 Å². The molecule has 0 bridgehead atoms. The Balaban J connectivity index is 2.12. The number of aliphatic hydroxyl groups excluding tert-OH is 1. The second-order valence-electron chi connectivity index (χ2n) is 4.36. The molecule has 1 atom stereocenters. The van der Waals surface area contributed by atoms with E-state index in [1.54, 1.807) is 13.2 Å². The summed E-state index contributed by atoms with van der Waals surface area (Å²) in [6.07, 6.45) is 1.28. The van der Waals surface area contributed by atoms with E-state index in [-0.39, 0.29) is 0 Å². The molecule has 0 saturated carbocycles. The standard InChI is InChI=1S/C15H19NO2/c1-3-16(11-15-5-4-10-18-15)14-8-6-13(7-9-14)12(2)17/h4-10,12,17H,3,11H2,1-2H3. The van der Waals surface area contributed by atoms with E-state index in [0.29, 0.717) is 0 Å². The Morgan fingerprint density at radius 2 is 1.94 bits per heavy atom. The van der Waals surface area contributed by atoms with Crippen molar-refractivity contribution in [2.24, 2.45) is 0 Å². The lowest BCUT2D eigenvalue weighted by Gasteiger charge is -2.22. The normalized spacial score (nSPS) is 12.4. The molecule has 1 aromatic heterocycles. The average Bonchev–Trinajstić information content (AvgIpc) is 2.89. The minimum Gasteiger partial charge on any atom is -0.467 e. The molecule has 0 aliphatic carbocycles. The van der Waals surface area contributed by atoms with Crippen LogP contribution in [-0.4, -0.2) is 11.7 Å². The smallest absolute Gasteiger partial charge is 0.123 e. The molecule has 0 spiro atoms. The van der Waals surface area contributed by atoms with Crippen molar-refractivity contribution in [1.82, 2.24) is 0 Å². The summed E-state index contributed by atoms with van der Waals surface area (Å²) in [5.74, 6) is 0.955. The summed E-state index contributed by atoms with van der Waals surface area (Å²) >= 11 is 0. The van der Waals surface area contributed by atoms with Crippen LogP contribution in [0, 0.1) is 0 Å². The molecular formula is C15H19NO2. The van der Waals surface area contributed by atoms with E-state index in [1.807, 2.05) is 36.4 Å². The van der Waals surface area contributed by atoms with Crippen LogP contribution in [0.4, 0.5) is 5.69 Å². The Bertz CT molecular complexity index is 460. The van der Waals surface area contributed by atoms with E-state index in [9.17, 15) is 5.11 Å². The topological polar surface area (TPSA) is 36.6 Å². The number of rotatable bonds is 5. The third-order valence-corrected chi connectivity index (χ3v) is 3.05. The fourth-order valence-electron chi connectivity index (χ4n) is 1.94. The van der Waals surface area contributed by atoms with Gasteiger partial charge in [0.2, 0.25) is 0 Å². The summed E-state index contributed by atoms with van der Waals surface area (Å²) in [5.41, 5.74) is 2.08. The maximum Gasteiger partial charge on any atom is 0.123 e. The van der Waals surface area contributed by atoms with Crippen LogP contribution in [0.3, 0.4) is 0 Å². The van der Waals surface area contributed by atoms with Crippen molar-refractivity contribution < 1.29 is 9.52 Å². The van der Waals surface area contributed by atoms with Gasteiger partial charge >= 0.3 is 0 Å². The maximum absolute atomic E-state index is 9.49. The van der Waals surface area contributed by atoms with E-state index in [1.165, 1.54) is 0 Å². The number of anilines is 1. The molecule has 96 valence electrons. The lowest BCUT2D eigenvalue weighted by atomic mass is 10.1. The van der Waals surface area contributed by atoms with Crippen LogP contribution >= 0.6 is 0 Å². The van der Waals surface area contributed by atoms with Gasteiger partial charge < -0.3 is 14.4 Å². The summed E-state index contributed by atoms with van der Waals surface area (Å²) in [7, 11) is 0. The fraction of sp³-hybridized carbons (Fsp3) is 0.333. The Labute approximate surface area is 108 Å². The molecule has 1 N–H and O–H groups in total.